The fraction of sp³-hybridized carbons (Fsp3) is 0.438. The number of rotatable bonds is 6. The van der Waals surface area contributed by atoms with Crippen molar-refractivity contribution in [3.8, 4) is 5.75 Å². The molecule has 0 unspecified atom stereocenters. The molecular weight excluding hydrogens is 252 g/mol. The second-order valence-corrected chi connectivity index (χ2v) is 5.63. The largest absolute Gasteiger partial charge is 0.493 e. The van der Waals surface area contributed by atoms with E-state index in [-0.39, 0.29) is 11.4 Å². The molecule has 0 spiro atoms. The van der Waals surface area contributed by atoms with Crippen LogP contribution in [0.5, 0.6) is 5.75 Å². The minimum atomic E-state index is -0.220. The second kappa shape index (κ2) is 6.98. The van der Waals surface area contributed by atoms with Gasteiger partial charge in [-0.1, -0.05) is 12.1 Å². The Bertz CT molecular complexity index is 464. The molecule has 0 bridgehead atoms. The van der Waals surface area contributed by atoms with Crippen LogP contribution in [0.3, 0.4) is 0 Å². The molecular formula is C16H24N2O2. The molecule has 0 aromatic heterocycles. The lowest BCUT2D eigenvalue weighted by atomic mass is 10.1. The van der Waals surface area contributed by atoms with Crippen LogP contribution in [-0.4, -0.2) is 29.5 Å². The molecule has 1 aromatic rings. The standard InChI is InChI=1S/C16H24N2O2/c1-5-10-18(16(2,3)4)15(19)9-11-20-14-8-6-7-13(17)12-14/h5-8,12H,1,9-11,17H2,2-4H3. The summed E-state index contributed by atoms with van der Waals surface area (Å²) < 4.78 is 5.55. The quantitative estimate of drug-likeness (QED) is 0.642. The number of benzene rings is 1. The van der Waals surface area contributed by atoms with E-state index in [9.17, 15) is 4.79 Å². The average molecular weight is 276 g/mol. The number of carbonyl (C=O) groups is 1. The van der Waals surface area contributed by atoms with Crippen molar-refractivity contribution in [3.63, 3.8) is 0 Å². The van der Waals surface area contributed by atoms with E-state index < -0.39 is 0 Å². The van der Waals surface area contributed by atoms with Gasteiger partial charge in [-0.2, -0.15) is 0 Å². The highest BCUT2D eigenvalue weighted by Crippen LogP contribution is 2.17. The van der Waals surface area contributed by atoms with E-state index in [0.717, 1.165) is 0 Å². The van der Waals surface area contributed by atoms with Crippen molar-refractivity contribution >= 4 is 11.6 Å². The summed E-state index contributed by atoms with van der Waals surface area (Å²) in [4.78, 5) is 14.0. The topological polar surface area (TPSA) is 55.6 Å². The summed E-state index contributed by atoms with van der Waals surface area (Å²) in [6.45, 7) is 10.6. The van der Waals surface area contributed by atoms with Crippen LogP contribution in [0.15, 0.2) is 36.9 Å². The first-order valence-corrected chi connectivity index (χ1v) is 6.74. The summed E-state index contributed by atoms with van der Waals surface area (Å²) in [5.41, 5.74) is 6.10. The molecule has 1 rings (SSSR count). The predicted molar refractivity (Wildman–Crippen MR) is 82.6 cm³/mol. The smallest absolute Gasteiger partial charge is 0.226 e. The van der Waals surface area contributed by atoms with Gasteiger partial charge in [0.2, 0.25) is 5.91 Å². The minimum absolute atomic E-state index is 0.0568. The maximum atomic E-state index is 12.2. The van der Waals surface area contributed by atoms with Crippen molar-refractivity contribution in [2.75, 3.05) is 18.9 Å². The second-order valence-electron chi connectivity index (χ2n) is 5.63. The lowest BCUT2D eigenvalue weighted by molar-refractivity contribution is -0.135. The van der Waals surface area contributed by atoms with E-state index in [2.05, 4.69) is 6.58 Å². The third-order valence-corrected chi connectivity index (χ3v) is 2.87. The highest BCUT2D eigenvalue weighted by molar-refractivity contribution is 5.77. The van der Waals surface area contributed by atoms with Gasteiger partial charge in [0.1, 0.15) is 5.75 Å². The van der Waals surface area contributed by atoms with Crippen LogP contribution in [0, 0.1) is 0 Å². The lowest BCUT2D eigenvalue weighted by Gasteiger charge is -2.35. The average Bonchev–Trinajstić information content (AvgIpc) is 2.34. The van der Waals surface area contributed by atoms with Crippen molar-refractivity contribution < 1.29 is 9.53 Å². The summed E-state index contributed by atoms with van der Waals surface area (Å²) >= 11 is 0. The summed E-state index contributed by atoms with van der Waals surface area (Å²) in [6, 6.07) is 7.19. The van der Waals surface area contributed by atoms with Gasteiger partial charge in [0, 0.05) is 23.8 Å². The normalized spacial score (nSPS) is 10.9. The molecule has 110 valence electrons. The van der Waals surface area contributed by atoms with Crippen molar-refractivity contribution in [1.29, 1.82) is 0 Å². The Balaban J connectivity index is 2.51. The molecule has 0 atom stereocenters. The number of hydrogen-bond acceptors (Lipinski definition) is 3. The molecule has 0 heterocycles. The van der Waals surface area contributed by atoms with E-state index in [0.29, 0.717) is 31.0 Å². The molecule has 0 aliphatic heterocycles. The van der Waals surface area contributed by atoms with Gasteiger partial charge in [-0.3, -0.25) is 4.79 Å². The maximum absolute atomic E-state index is 12.2. The molecule has 20 heavy (non-hydrogen) atoms. The molecule has 0 fully saturated rings. The molecule has 0 aliphatic carbocycles. The number of nitrogen functional groups attached to an aromatic ring is 1. The Morgan fingerprint density at radius 1 is 1.45 bits per heavy atom. The van der Waals surface area contributed by atoms with Gasteiger partial charge in [0.15, 0.2) is 0 Å². The summed E-state index contributed by atoms with van der Waals surface area (Å²) in [5, 5.41) is 0. The Morgan fingerprint density at radius 3 is 2.70 bits per heavy atom. The summed E-state index contributed by atoms with van der Waals surface area (Å²) in [6.07, 6.45) is 2.07. The minimum Gasteiger partial charge on any atom is -0.493 e. The predicted octanol–water partition coefficient (Wildman–Crippen LogP) is 2.85. The molecule has 1 aromatic carbocycles. The number of carbonyl (C=O) groups excluding carboxylic acids is 1. The fourth-order valence-corrected chi connectivity index (χ4v) is 1.87. The van der Waals surface area contributed by atoms with Crippen LogP contribution in [0.4, 0.5) is 5.69 Å². The number of ether oxygens (including phenoxy) is 1. The number of nitrogens with zero attached hydrogens (tertiary/aromatic N) is 1. The highest BCUT2D eigenvalue weighted by Gasteiger charge is 2.24. The molecule has 1 amide bonds. The number of nitrogens with two attached hydrogens (primary N) is 1. The number of amides is 1. The van der Waals surface area contributed by atoms with Crippen molar-refractivity contribution in [3.05, 3.63) is 36.9 Å². The molecule has 4 nitrogen and oxygen atoms in total. The lowest BCUT2D eigenvalue weighted by Crippen LogP contribution is -2.46. The van der Waals surface area contributed by atoms with Crippen LogP contribution >= 0.6 is 0 Å². The Hall–Kier alpha value is -1.97. The zero-order valence-electron chi connectivity index (χ0n) is 12.6. The third kappa shape index (κ3) is 4.96. The van der Waals surface area contributed by atoms with Crippen molar-refractivity contribution in [1.82, 2.24) is 4.90 Å². The number of hydrogen-bond donors (Lipinski definition) is 1. The van der Waals surface area contributed by atoms with Gasteiger partial charge < -0.3 is 15.4 Å². The van der Waals surface area contributed by atoms with E-state index in [1.165, 1.54) is 0 Å². The Morgan fingerprint density at radius 2 is 2.15 bits per heavy atom. The van der Waals surface area contributed by atoms with E-state index in [4.69, 9.17) is 10.5 Å². The summed E-state index contributed by atoms with van der Waals surface area (Å²) in [5.74, 6) is 0.741. The zero-order valence-corrected chi connectivity index (χ0v) is 12.6. The monoisotopic (exact) mass is 276 g/mol. The highest BCUT2D eigenvalue weighted by atomic mass is 16.5. The van der Waals surface area contributed by atoms with Crippen molar-refractivity contribution in [2.24, 2.45) is 0 Å². The molecule has 0 radical (unpaired) electrons. The number of anilines is 1. The molecule has 0 aliphatic rings. The first kappa shape index (κ1) is 16.1. The van der Waals surface area contributed by atoms with Gasteiger partial charge in [0.25, 0.3) is 0 Å². The molecule has 2 N–H and O–H groups in total. The van der Waals surface area contributed by atoms with E-state index >= 15 is 0 Å². The van der Waals surface area contributed by atoms with Crippen LogP contribution < -0.4 is 10.5 Å². The van der Waals surface area contributed by atoms with Gasteiger partial charge >= 0.3 is 0 Å². The van der Waals surface area contributed by atoms with Gasteiger partial charge in [-0.25, -0.2) is 0 Å². The maximum Gasteiger partial charge on any atom is 0.226 e. The fourth-order valence-electron chi connectivity index (χ4n) is 1.87. The van der Waals surface area contributed by atoms with Crippen LogP contribution in [0.2, 0.25) is 0 Å². The SMILES string of the molecule is C=CCN(C(=O)CCOc1cccc(N)c1)C(C)(C)C. The Kier molecular flexibility index (Phi) is 5.62. The molecule has 0 saturated carbocycles. The third-order valence-electron chi connectivity index (χ3n) is 2.87. The van der Waals surface area contributed by atoms with E-state index in [1.54, 1.807) is 23.1 Å². The van der Waals surface area contributed by atoms with E-state index in [1.807, 2.05) is 32.9 Å². The van der Waals surface area contributed by atoms with Gasteiger partial charge in [0.05, 0.1) is 13.0 Å². The first-order chi connectivity index (χ1) is 9.34. The van der Waals surface area contributed by atoms with Crippen LogP contribution in [0.25, 0.3) is 0 Å². The van der Waals surface area contributed by atoms with Gasteiger partial charge in [-0.15, -0.1) is 6.58 Å². The van der Waals surface area contributed by atoms with Crippen LogP contribution in [-0.2, 0) is 4.79 Å². The van der Waals surface area contributed by atoms with Crippen molar-refractivity contribution in [2.45, 2.75) is 32.7 Å². The zero-order chi connectivity index (χ0) is 15.2. The van der Waals surface area contributed by atoms with Gasteiger partial charge in [-0.05, 0) is 32.9 Å². The molecule has 0 saturated heterocycles. The molecule has 4 heteroatoms. The van der Waals surface area contributed by atoms with Crippen LogP contribution in [0.1, 0.15) is 27.2 Å². The summed E-state index contributed by atoms with van der Waals surface area (Å²) in [7, 11) is 0. The first-order valence-electron chi connectivity index (χ1n) is 6.74. The Labute approximate surface area is 121 Å².